The molecule has 26 heavy (non-hydrogen) atoms. The average Bonchev–Trinajstić information content (AvgIpc) is 3.06. The van der Waals surface area contributed by atoms with Crippen molar-refractivity contribution in [2.75, 3.05) is 12.8 Å². The van der Waals surface area contributed by atoms with Crippen molar-refractivity contribution in [1.82, 2.24) is 14.9 Å². The maximum absolute atomic E-state index is 12.5. The van der Waals surface area contributed by atoms with Crippen molar-refractivity contribution in [3.05, 3.63) is 59.4 Å². The lowest BCUT2D eigenvalue weighted by atomic mass is 10.1. The van der Waals surface area contributed by atoms with Crippen molar-refractivity contribution < 1.29 is 4.79 Å². The monoisotopic (exact) mass is 365 g/mol. The number of thioether (sulfide) groups is 1. The Bertz CT molecular complexity index is 930. The minimum Gasteiger partial charge on any atom is -0.352 e. The summed E-state index contributed by atoms with van der Waals surface area (Å²) in [7, 11) is 0. The first-order chi connectivity index (χ1) is 12.7. The Morgan fingerprint density at radius 3 is 2.85 bits per heavy atom. The third-order valence-corrected chi connectivity index (χ3v) is 5.72. The van der Waals surface area contributed by atoms with Gasteiger partial charge in [0.15, 0.2) is 0 Å². The van der Waals surface area contributed by atoms with E-state index in [2.05, 4.69) is 40.4 Å². The molecule has 0 fully saturated rings. The van der Waals surface area contributed by atoms with Crippen LogP contribution in [0.4, 0.5) is 0 Å². The molecule has 0 atom stereocenters. The van der Waals surface area contributed by atoms with Crippen molar-refractivity contribution in [2.45, 2.75) is 37.1 Å². The van der Waals surface area contributed by atoms with Crippen LogP contribution in [-0.4, -0.2) is 28.3 Å². The van der Waals surface area contributed by atoms with Crippen LogP contribution in [0.15, 0.2) is 47.4 Å². The number of fused-ring (bicyclic) bond motifs is 3. The lowest BCUT2D eigenvalue weighted by Gasteiger charge is -2.13. The van der Waals surface area contributed by atoms with Gasteiger partial charge in [0.25, 0.3) is 5.91 Å². The van der Waals surface area contributed by atoms with Crippen LogP contribution in [0.25, 0.3) is 11.0 Å². The first kappa shape index (κ1) is 17.2. The van der Waals surface area contributed by atoms with E-state index in [1.165, 1.54) is 23.3 Å². The molecule has 3 aromatic rings. The van der Waals surface area contributed by atoms with E-state index in [1.54, 1.807) is 11.8 Å². The molecule has 134 valence electrons. The standard InChI is InChI=1S/C21H23N3OS/c1-26-17-8-5-15(6-9-17)11-12-22-21(25)16-7-10-19-18(14-16)23-20-4-2-3-13-24(19)20/h5-10,14H,2-4,11-13H2,1H3,(H,22,25). The molecule has 0 saturated heterocycles. The predicted octanol–water partition coefficient (Wildman–Crippen LogP) is 4.07. The highest BCUT2D eigenvalue weighted by Gasteiger charge is 2.15. The number of rotatable bonds is 5. The molecule has 1 aliphatic heterocycles. The molecular formula is C21H23N3OS. The van der Waals surface area contributed by atoms with Crippen molar-refractivity contribution in [1.29, 1.82) is 0 Å². The van der Waals surface area contributed by atoms with E-state index in [0.717, 1.165) is 36.2 Å². The SMILES string of the molecule is CSc1ccc(CCNC(=O)c2ccc3c(c2)nc2n3CCCC2)cc1. The Morgan fingerprint density at radius 1 is 1.19 bits per heavy atom. The molecule has 4 rings (SSSR count). The van der Waals surface area contributed by atoms with Crippen LogP contribution in [0.2, 0.25) is 0 Å². The van der Waals surface area contributed by atoms with Crippen LogP contribution in [0.5, 0.6) is 0 Å². The normalized spacial score (nSPS) is 13.6. The second-order valence-electron chi connectivity index (χ2n) is 6.69. The summed E-state index contributed by atoms with van der Waals surface area (Å²) >= 11 is 1.74. The highest BCUT2D eigenvalue weighted by Crippen LogP contribution is 2.23. The second kappa shape index (κ2) is 7.54. The zero-order chi connectivity index (χ0) is 17.9. The number of hydrogen-bond acceptors (Lipinski definition) is 3. The minimum atomic E-state index is -0.0291. The van der Waals surface area contributed by atoms with E-state index in [4.69, 9.17) is 4.98 Å². The van der Waals surface area contributed by atoms with Gasteiger partial charge in [0.2, 0.25) is 0 Å². The second-order valence-corrected chi connectivity index (χ2v) is 7.57. The maximum atomic E-state index is 12.5. The fraction of sp³-hybridized carbons (Fsp3) is 0.333. The van der Waals surface area contributed by atoms with Gasteiger partial charge in [0.05, 0.1) is 11.0 Å². The summed E-state index contributed by atoms with van der Waals surface area (Å²) < 4.78 is 2.29. The number of benzene rings is 2. The summed E-state index contributed by atoms with van der Waals surface area (Å²) in [6.45, 7) is 1.67. The highest BCUT2D eigenvalue weighted by molar-refractivity contribution is 7.98. The van der Waals surface area contributed by atoms with Crippen molar-refractivity contribution in [2.24, 2.45) is 0 Å². The molecule has 0 unspecified atom stereocenters. The van der Waals surface area contributed by atoms with Crippen LogP contribution in [0.3, 0.4) is 0 Å². The van der Waals surface area contributed by atoms with Crippen LogP contribution >= 0.6 is 11.8 Å². The minimum absolute atomic E-state index is 0.0291. The van der Waals surface area contributed by atoms with Crippen molar-refractivity contribution in [3.8, 4) is 0 Å². The Labute approximate surface area is 158 Å². The van der Waals surface area contributed by atoms with Gasteiger partial charge < -0.3 is 9.88 Å². The number of carbonyl (C=O) groups is 1. The van der Waals surface area contributed by atoms with Crippen molar-refractivity contribution in [3.63, 3.8) is 0 Å². The fourth-order valence-corrected chi connectivity index (χ4v) is 3.94. The largest absolute Gasteiger partial charge is 0.352 e. The molecule has 0 radical (unpaired) electrons. The van der Waals surface area contributed by atoms with Gasteiger partial charge in [-0.3, -0.25) is 4.79 Å². The van der Waals surface area contributed by atoms with Gasteiger partial charge in [-0.25, -0.2) is 4.98 Å². The summed E-state index contributed by atoms with van der Waals surface area (Å²) in [5.41, 5.74) is 4.00. The molecule has 1 N–H and O–H groups in total. The van der Waals surface area contributed by atoms with E-state index in [9.17, 15) is 4.79 Å². The number of hydrogen-bond donors (Lipinski definition) is 1. The molecule has 1 aromatic heterocycles. The van der Waals surface area contributed by atoms with E-state index >= 15 is 0 Å². The Balaban J connectivity index is 1.41. The molecule has 2 aromatic carbocycles. The molecular weight excluding hydrogens is 342 g/mol. The number of nitrogens with one attached hydrogen (secondary N) is 1. The summed E-state index contributed by atoms with van der Waals surface area (Å²) in [6, 6.07) is 14.4. The quantitative estimate of drug-likeness (QED) is 0.694. The Hall–Kier alpha value is -2.27. The number of carbonyl (C=O) groups excluding carboxylic acids is 1. The lowest BCUT2D eigenvalue weighted by Crippen LogP contribution is -2.25. The summed E-state index contributed by atoms with van der Waals surface area (Å²) in [6.07, 6.45) is 6.35. The Kier molecular flexibility index (Phi) is 4.98. The van der Waals surface area contributed by atoms with E-state index in [-0.39, 0.29) is 5.91 Å². The molecule has 2 heterocycles. The number of nitrogens with zero attached hydrogens (tertiary/aromatic N) is 2. The molecule has 1 amide bonds. The number of aryl methyl sites for hydroxylation is 2. The topological polar surface area (TPSA) is 46.9 Å². The lowest BCUT2D eigenvalue weighted by molar-refractivity contribution is 0.0954. The van der Waals surface area contributed by atoms with E-state index < -0.39 is 0 Å². The third kappa shape index (κ3) is 3.49. The van der Waals surface area contributed by atoms with Gasteiger partial charge in [-0.15, -0.1) is 11.8 Å². The summed E-state index contributed by atoms with van der Waals surface area (Å²) in [5, 5.41) is 3.02. The molecule has 5 heteroatoms. The maximum Gasteiger partial charge on any atom is 0.251 e. The summed E-state index contributed by atoms with van der Waals surface area (Å²) in [5.74, 6) is 1.12. The fourth-order valence-electron chi connectivity index (χ4n) is 3.53. The predicted molar refractivity (Wildman–Crippen MR) is 107 cm³/mol. The van der Waals surface area contributed by atoms with Gasteiger partial charge in [0, 0.05) is 30.0 Å². The first-order valence-electron chi connectivity index (χ1n) is 9.15. The molecule has 0 spiro atoms. The molecule has 1 aliphatic rings. The van der Waals surface area contributed by atoms with E-state index in [1.807, 2.05) is 18.2 Å². The van der Waals surface area contributed by atoms with Crippen LogP contribution < -0.4 is 5.32 Å². The molecule has 0 bridgehead atoms. The highest BCUT2D eigenvalue weighted by atomic mass is 32.2. The third-order valence-electron chi connectivity index (χ3n) is 4.98. The number of aromatic nitrogens is 2. The molecule has 0 saturated carbocycles. The average molecular weight is 366 g/mol. The first-order valence-corrected chi connectivity index (χ1v) is 10.4. The van der Waals surface area contributed by atoms with Gasteiger partial charge >= 0.3 is 0 Å². The Morgan fingerprint density at radius 2 is 2.04 bits per heavy atom. The zero-order valence-electron chi connectivity index (χ0n) is 15.0. The van der Waals surface area contributed by atoms with Gasteiger partial charge in [-0.1, -0.05) is 12.1 Å². The molecule has 4 nitrogen and oxygen atoms in total. The van der Waals surface area contributed by atoms with Gasteiger partial charge in [-0.05, 0) is 61.4 Å². The molecule has 0 aliphatic carbocycles. The summed E-state index contributed by atoms with van der Waals surface area (Å²) in [4.78, 5) is 18.5. The number of amides is 1. The van der Waals surface area contributed by atoms with E-state index in [0.29, 0.717) is 12.1 Å². The van der Waals surface area contributed by atoms with Crippen molar-refractivity contribution >= 4 is 28.7 Å². The van der Waals surface area contributed by atoms with Crippen LogP contribution in [-0.2, 0) is 19.4 Å². The number of imidazole rings is 1. The van der Waals surface area contributed by atoms with Gasteiger partial charge in [-0.2, -0.15) is 0 Å². The van der Waals surface area contributed by atoms with Crippen LogP contribution in [0, 0.1) is 0 Å². The smallest absolute Gasteiger partial charge is 0.251 e. The van der Waals surface area contributed by atoms with Gasteiger partial charge in [0.1, 0.15) is 5.82 Å². The van der Waals surface area contributed by atoms with Crippen LogP contribution in [0.1, 0.15) is 34.6 Å². The zero-order valence-corrected chi connectivity index (χ0v) is 15.8.